The number of hydrogen-bond donors (Lipinski definition) is 0. The highest BCUT2D eigenvalue weighted by atomic mass is 79.9. The first-order valence-corrected chi connectivity index (χ1v) is 6.49. The molecule has 3 heteroatoms. The Morgan fingerprint density at radius 2 is 1.69 bits per heavy atom. The maximum absolute atomic E-state index is 5.60. The maximum Gasteiger partial charge on any atom is 0.0685 e. The van der Waals surface area contributed by atoms with Crippen molar-refractivity contribution in [2.45, 2.75) is 38.5 Å². The van der Waals surface area contributed by atoms with Crippen LogP contribution in [-0.2, 0) is 4.84 Å². The average molecular weight is 250 g/mol. The highest BCUT2D eigenvalue weighted by Crippen LogP contribution is 2.09. The molecule has 0 bridgehead atoms. The smallest absolute Gasteiger partial charge is 0.0685 e. The van der Waals surface area contributed by atoms with E-state index in [1.807, 2.05) is 0 Å². The van der Waals surface area contributed by atoms with Crippen molar-refractivity contribution >= 4 is 15.9 Å². The minimum Gasteiger partial charge on any atom is -0.299 e. The van der Waals surface area contributed by atoms with Crippen molar-refractivity contribution in [3.63, 3.8) is 0 Å². The Hall–Kier alpha value is 0.400. The summed E-state index contributed by atoms with van der Waals surface area (Å²) in [6.07, 6.45) is 7.76. The number of nitrogens with zero attached hydrogens (tertiary/aromatic N) is 1. The van der Waals surface area contributed by atoms with Gasteiger partial charge in [0, 0.05) is 18.4 Å². The minimum absolute atomic E-state index is 0.919. The molecule has 0 amide bonds. The number of alkyl halides is 1. The summed E-state index contributed by atoms with van der Waals surface area (Å²) in [5.41, 5.74) is 0. The van der Waals surface area contributed by atoms with Gasteiger partial charge in [-0.05, 0) is 25.7 Å². The van der Waals surface area contributed by atoms with Crippen molar-refractivity contribution in [1.29, 1.82) is 0 Å². The number of halogens is 1. The lowest BCUT2D eigenvalue weighted by Crippen LogP contribution is -2.20. The standard InChI is InChI=1S/C10H20BrNO/c11-7-3-1-2-6-10-13-12-8-4-5-9-12/h1-10H2. The monoisotopic (exact) mass is 249 g/mol. The molecule has 0 aromatic rings. The minimum atomic E-state index is 0.919. The van der Waals surface area contributed by atoms with Crippen molar-refractivity contribution in [2.75, 3.05) is 25.0 Å². The maximum atomic E-state index is 5.60. The van der Waals surface area contributed by atoms with Crippen LogP contribution in [0.4, 0.5) is 0 Å². The quantitative estimate of drug-likeness (QED) is 0.508. The van der Waals surface area contributed by atoms with Crippen molar-refractivity contribution in [2.24, 2.45) is 0 Å². The third kappa shape index (κ3) is 5.66. The molecule has 1 fully saturated rings. The number of hydroxylamine groups is 2. The molecule has 0 aliphatic carbocycles. The van der Waals surface area contributed by atoms with Crippen LogP contribution in [0.3, 0.4) is 0 Å². The predicted octanol–water partition coefficient (Wildman–Crippen LogP) is 2.97. The van der Waals surface area contributed by atoms with Crippen LogP contribution in [0.25, 0.3) is 0 Å². The molecule has 0 radical (unpaired) electrons. The molecule has 0 N–H and O–H groups in total. The summed E-state index contributed by atoms with van der Waals surface area (Å²) in [4.78, 5) is 5.60. The van der Waals surface area contributed by atoms with Gasteiger partial charge >= 0.3 is 0 Å². The van der Waals surface area contributed by atoms with E-state index < -0.39 is 0 Å². The topological polar surface area (TPSA) is 12.5 Å². The van der Waals surface area contributed by atoms with Crippen LogP contribution in [0.5, 0.6) is 0 Å². The van der Waals surface area contributed by atoms with E-state index in [-0.39, 0.29) is 0 Å². The molecular weight excluding hydrogens is 230 g/mol. The molecule has 1 saturated heterocycles. The van der Waals surface area contributed by atoms with Gasteiger partial charge in [-0.3, -0.25) is 4.84 Å². The second-order valence-electron chi connectivity index (χ2n) is 3.57. The molecule has 78 valence electrons. The lowest BCUT2D eigenvalue weighted by Gasteiger charge is -2.14. The van der Waals surface area contributed by atoms with E-state index in [4.69, 9.17) is 4.84 Å². The van der Waals surface area contributed by atoms with E-state index in [2.05, 4.69) is 21.0 Å². The Morgan fingerprint density at radius 3 is 2.38 bits per heavy atom. The van der Waals surface area contributed by atoms with Gasteiger partial charge in [0.05, 0.1) is 6.61 Å². The third-order valence-corrected chi connectivity index (χ3v) is 2.93. The third-order valence-electron chi connectivity index (χ3n) is 2.37. The first-order chi connectivity index (χ1) is 6.43. The molecule has 1 heterocycles. The van der Waals surface area contributed by atoms with Crippen molar-refractivity contribution < 1.29 is 4.84 Å². The van der Waals surface area contributed by atoms with Gasteiger partial charge in [-0.2, -0.15) is 5.06 Å². The second kappa shape index (κ2) is 7.77. The Morgan fingerprint density at radius 1 is 1.00 bits per heavy atom. The van der Waals surface area contributed by atoms with Gasteiger partial charge in [-0.1, -0.05) is 28.8 Å². The summed E-state index contributed by atoms with van der Waals surface area (Å²) in [7, 11) is 0. The predicted molar refractivity (Wildman–Crippen MR) is 59.0 cm³/mol. The van der Waals surface area contributed by atoms with Gasteiger partial charge in [0.25, 0.3) is 0 Å². The zero-order chi connectivity index (χ0) is 9.36. The normalized spacial score (nSPS) is 18.2. The number of hydrogen-bond acceptors (Lipinski definition) is 2. The molecule has 0 aromatic carbocycles. The zero-order valence-corrected chi connectivity index (χ0v) is 9.89. The molecule has 1 aliphatic heterocycles. The Kier molecular flexibility index (Phi) is 6.86. The number of unbranched alkanes of at least 4 members (excludes halogenated alkanes) is 3. The summed E-state index contributed by atoms with van der Waals surface area (Å²) in [6, 6.07) is 0. The van der Waals surface area contributed by atoms with Crippen molar-refractivity contribution in [3.8, 4) is 0 Å². The summed E-state index contributed by atoms with van der Waals surface area (Å²) in [5.74, 6) is 0. The molecule has 1 aliphatic rings. The van der Waals surface area contributed by atoms with E-state index in [1.54, 1.807) is 0 Å². The highest BCUT2D eigenvalue weighted by Gasteiger charge is 2.10. The molecule has 0 spiro atoms. The summed E-state index contributed by atoms with van der Waals surface area (Å²) in [5, 5.41) is 3.25. The fourth-order valence-corrected chi connectivity index (χ4v) is 1.96. The Balaban J connectivity index is 1.78. The summed E-state index contributed by atoms with van der Waals surface area (Å²) >= 11 is 3.43. The van der Waals surface area contributed by atoms with E-state index in [9.17, 15) is 0 Å². The molecule has 2 nitrogen and oxygen atoms in total. The molecule has 0 atom stereocenters. The van der Waals surface area contributed by atoms with Gasteiger partial charge in [-0.15, -0.1) is 0 Å². The van der Waals surface area contributed by atoms with Crippen molar-refractivity contribution in [3.05, 3.63) is 0 Å². The lowest BCUT2D eigenvalue weighted by atomic mass is 10.2. The SMILES string of the molecule is BrCCCCCCON1CCCC1. The van der Waals surface area contributed by atoms with Crippen LogP contribution >= 0.6 is 15.9 Å². The van der Waals surface area contributed by atoms with E-state index in [1.165, 1.54) is 38.5 Å². The second-order valence-corrected chi connectivity index (χ2v) is 4.37. The van der Waals surface area contributed by atoms with Gasteiger partial charge in [-0.25, -0.2) is 0 Å². The largest absolute Gasteiger partial charge is 0.299 e. The summed E-state index contributed by atoms with van der Waals surface area (Å²) in [6.45, 7) is 3.20. The van der Waals surface area contributed by atoms with E-state index >= 15 is 0 Å². The van der Waals surface area contributed by atoms with Gasteiger partial charge in [0.2, 0.25) is 0 Å². The van der Waals surface area contributed by atoms with Gasteiger partial charge < -0.3 is 0 Å². The summed E-state index contributed by atoms with van der Waals surface area (Å²) < 4.78 is 0. The molecular formula is C10H20BrNO. The molecule has 0 unspecified atom stereocenters. The van der Waals surface area contributed by atoms with E-state index in [0.717, 1.165) is 25.0 Å². The van der Waals surface area contributed by atoms with Crippen LogP contribution in [0, 0.1) is 0 Å². The molecule has 0 saturated carbocycles. The lowest BCUT2D eigenvalue weighted by molar-refractivity contribution is -0.143. The van der Waals surface area contributed by atoms with E-state index in [0.29, 0.717) is 0 Å². The Bertz CT molecular complexity index is 115. The molecule has 13 heavy (non-hydrogen) atoms. The fourth-order valence-electron chi connectivity index (χ4n) is 1.56. The van der Waals surface area contributed by atoms with Crippen LogP contribution in [0.2, 0.25) is 0 Å². The van der Waals surface area contributed by atoms with Crippen LogP contribution in [-0.4, -0.2) is 30.1 Å². The Labute approximate surface area is 89.7 Å². The van der Waals surface area contributed by atoms with Gasteiger partial charge in [0.1, 0.15) is 0 Å². The van der Waals surface area contributed by atoms with Crippen LogP contribution < -0.4 is 0 Å². The fraction of sp³-hybridized carbons (Fsp3) is 1.00. The first-order valence-electron chi connectivity index (χ1n) is 5.37. The van der Waals surface area contributed by atoms with Crippen molar-refractivity contribution in [1.82, 2.24) is 5.06 Å². The number of rotatable bonds is 7. The average Bonchev–Trinajstić information content (AvgIpc) is 2.63. The van der Waals surface area contributed by atoms with Gasteiger partial charge in [0.15, 0.2) is 0 Å². The molecule has 1 rings (SSSR count). The first kappa shape index (κ1) is 11.5. The van der Waals surface area contributed by atoms with Crippen LogP contribution in [0.1, 0.15) is 38.5 Å². The zero-order valence-electron chi connectivity index (χ0n) is 8.30. The van der Waals surface area contributed by atoms with Crippen LogP contribution in [0.15, 0.2) is 0 Å². The molecule has 0 aromatic heterocycles. The highest BCUT2D eigenvalue weighted by molar-refractivity contribution is 9.09.